The number of hydrogen-bond donors (Lipinski definition) is 1. The van der Waals surface area contributed by atoms with Gasteiger partial charge < -0.3 is 10.6 Å². The minimum Gasteiger partial charge on any atom is -0.338 e. The summed E-state index contributed by atoms with van der Waals surface area (Å²) in [5.74, 6) is -1.20. The first-order valence-corrected chi connectivity index (χ1v) is 5.99. The fourth-order valence-electron chi connectivity index (χ4n) is 2.83. The third-order valence-electron chi connectivity index (χ3n) is 3.79. The van der Waals surface area contributed by atoms with Gasteiger partial charge in [0, 0.05) is 25.0 Å². The second-order valence-electron chi connectivity index (χ2n) is 5.06. The molecule has 0 aromatic heterocycles. The zero-order chi connectivity index (χ0) is 12.6. The fourth-order valence-corrected chi connectivity index (χ4v) is 2.83. The minimum absolute atomic E-state index is 0.00652. The van der Waals surface area contributed by atoms with Crippen molar-refractivity contribution in [1.82, 2.24) is 4.90 Å². The number of alkyl halides is 3. The Labute approximate surface area is 98.1 Å². The summed E-state index contributed by atoms with van der Waals surface area (Å²) >= 11 is 0. The molecule has 1 heterocycles. The van der Waals surface area contributed by atoms with Gasteiger partial charge in [0.05, 0.1) is 5.92 Å². The Balaban J connectivity index is 1.89. The van der Waals surface area contributed by atoms with Crippen LogP contribution < -0.4 is 5.73 Å². The molecule has 1 amide bonds. The number of carbonyl (C=O) groups is 1. The molecule has 98 valence electrons. The van der Waals surface area contributed by atoms with Crippen molar-refractivity contribution in [1.29, 1.82) is 0 Å². The van der Waals surface area contributed by atoms with Crippen LogP contribution in [0.1, 0.15) is 32.1 Å². The molecule has 0 aromatic rings. The first-order chi connectivity index (χ1) is 7.88. The van der Waals surface area contributed by atoms with Crippen molar-refractivity contribution in [2.45, 2.75) is 50.4 Å². The second-order valence-corrected chi connectivity index (χ2v) is 5.06. The van der Waals surface area contributed by atoms with E-state index in [1.807, 2.05) is 0 Å². The average Bonchev–Trinajstić information content (AvgIpc) is 2.57. The molecule has 1 aliphatic heterocycles. The summed E-state index contributed by atoms with van der Waals surface area (Å²) in [5, 5.41) is 0. The van der Waals surface area contributed by atoms with E-state index in [1.54, 1.807) is 4.90 Å². The van der Waals surface area contributed by atoms with Crippen molar-refractivity contribution in [3.63, 3.8) is 0 Å². The molecule has 0 bridgehead atoms. The van der Waals surface area contributed by atoms with Crippen LogP contribution in [-0.4, -0.2) is 35.6 Å². The molecule has 2 fully saturated rings. The number of hydrogen-bond acceptors (Lipinski definition) is 2. The van der Waals surface area contributed by atoms with Crippen LogP contribution in [0.15, 0.2) is 0 Å². The van der Waals surface area contributed by atoms with Crippen LogP contribution in [0.25, 0.3) is 0 Å². The zero-order valence-corrected chi connectivity index (χ0v) is 9.54. The van der Waals surface area contributed by atoms with E-state index in [0.29, 0.717) is 25.8 Å². The molecule has 1 unspecified atom stereocenters. The Morgan fingerprint density at radius 2 is 1.76 bits per heavy atom. The van der Waals surface area contributed by atoms with Crippen molar-refractivity contribution in [3.05, 3.63) is 0 Å². The van der Waals surface area contributed by atoms with E-state index in [-0.39, 0.29) is 30.8 Å². The van der Waals surface area contributed by atoms with Crippen LogP contribution >= 0.6 is 0 Å². The monoisotopic (exact) mass is 250 g/mol. The molecule has 1 saturated heterocycles. The Kier molecular flexibility index (Phi) is 3.34. The summed E-state index contributed by atoms with van der Waals surface area (Å²) in [4.78, 5) is 13.3. The Bertz CT molecular complexity index is 298. The van der Waals surface area contributed by atoms with E-state index in [0.717, 1.165) is 0 Å². The van der Waals surface area contributed by atoms with E-state index in [2.05, 4.69) is 0 Å². The van der Waals surface area contributed by atoms with Crippen LogP contribution in [0.5, 0.6) is 0 Å². The quantitative estimate of drug-likeness (QED) is 0.769. The lowest BCUT2D eigenvalue weighted by Gasteiger charge is -2.35. The van der Waals surface area contributed by atoms with Gasteiger partial charge in [0.2, 0.25) is 5.91 Å². The molecule has 17 heavy (non-hydrogen) atoms. The highest BCUT2D eigenvalue weighted by molar-refractivity contribution is 5.79. The predicted octanol–water partition coefficient (Wildman–Crippen LogP) is 1.67. The summed E-state index contributed by atoms with van der Waals surface area (Å²) in [6.07, 6.45) is -2.60. The summed E-state index contributed by atoms with van der Waals surface area (Å²) in [6, 6.07) is -0.183. The van der Waals surface area contributed by atoms with Gasteiger partial charge in [-0.05, 0) is 25.7 Å². The number of carbonyl (C=O) groups excluding carboxylic acids is 1. The van der Waals surface area contributed by atoms with Crippen LogP contribution in [0.2, 0.25) is 0 Å². The SMILES string of the molecule is NC1CC(=O)N(C2CCC(C(F)(F)F)CC2)C1. The first-order valence-electron chi connectivity index (χ1n) is 5.99. The first kappa shape index (κ1) is 12.7. The molecular formula is C11H17F3N2O. The van der Waals surface area contributed by atoms with Gasteiger partial charge in [-0.15, -0.1) is 0 Å². The van der Waals surface area contributed by atoms with E-state index in [1.165, 1.54) is 0 Å². The van der Waals surface area contributed by atoms with E-state index in [9.17, 15) is 18.0 Å². The molecule has 1 atom stereocenters. The van der Waals surface area contributed by atoms with E-state index >= 15 is 0 Å². The maximum Gasteiger partial charge on any atom is 0.391 e. The molecule has 2 N–H and O–H groups in total. The van der Waals surface area contributed by atoms with Gasteiger partial charge in [-0.1, -0.05) is 0 Å². The number of nitrogens with two attached hydrogens (primary N) is 1. The molecule has 0 radical (unpaired) electrons. The Morgan fingerprint density at radius 1 is 1.18 bits per heavy atom. The van der Waals surface area contributed by atoms with E-state index in [4.69, 9.17) is 5.73 Å². The molecular weight excluding hydrogens is 233 g/mol. The minimum atomic E-state index is -4.09. The molecule has 1 aliphatic carbocycles. The highest BCUT2D eigenvalue weighted by Gasteiger charge is 2.43. The Morgan fingerprint density at radius 3 is 2.18 bits per heavy atom. The van der Waals surface area contributed by atoms with Crippen molar-refractivity contribution in [2.24, 2.45) is 11.7 Å². The van der Waals surface area contributed by atoms with Crippen LogP contribution in [0.4, 0.5) is 13.2 Å². The van der Waals surface area contributed by atoms with Crippen LogP contribution in [0, 0.1) is 5.92 Å². The molecule has 0 aromatic carbocycles. The summed E-state index contributed by atoms with van der Waals surface area (Å²) < 4.78 is 37.5. The Hall–Kier alpha value is -0.780. The van der Waals surface area contributed by atoms with Crippen molar-refractivity contribution < 1.29 is 18.0 Å². The number of amides is 1. The maximum absolute atomic E-state index is 12.5. The van der Waals surface area contributed by atoms with Gasteiger partial charge in [-0.3, -0.25) is 4.79 Å². The molecule has 6 heteroatoms. The third-order valence-corrected chi connectivity index (χ3v) is 3.79. The van der Waals surface area contributed by atoms with Gasteiger partial charge in [-0.2, -0.15) is 13.2 Å². The fraction of sp³-hybridized carbons (Fsp3) is 0.909. The number of rotatable bonds is 1. The van der Waals surface area contributed by atoms with Crippen molar-refractivity contribution in [3.8, 4) is 0 Å². The maximum atomic E-state index is 12.5. The second kappa shape index (κ2) is 4.48. The largest absolute Gasteiger partial charge is 0.391 e. The topological polar surface area (TPSA) is 46.3 Å². The predicted molar refractivity (Wildman–Crippen MR) is 56.1 cm³/mol. The van der Waals surface area contributed by atoms with Crippen molar-refractivity contribution in [2.75, 3.05) is 6.54 Å². The van der Waals surface area contributed by atoms with Gasteiger partial charge in [0.1, 0.15) is 0 Å². The lowest BCUT2D eigenvalue weighted by molar-refractivity contribution is -0.184. The van der Waals surface area contributed by atoms with Gasteiger partial charge >= 0.3 is 6.18 Å². The standard InChI is InChI=1S/C11H17F3N2O/c12-11(13,14)7-1-3-9(4-2-7)16-6-8(15)5-10(16)17/h7-9H,1-6,15H2. The van der Waals surface area contributed by atoms with Gasteiger partial charge in [-0.25, -0.2) is 0 Å². The normalized spacial score (nSPS) is 35.4. The van der Waals surface area contributed by atoms with Crippen LogP contribution in [0.3, 0.4) is 0 Å². The molecule has 0 spiro atoms. The summed E-state index contributed by atoms with van der Waals surface area (Å²) in [7, 11) is 0. The zero-order valence-electron chi connectivity index (χ0n) is 9.54. The number of nitrogens with zero attached hydrogens (tertiary/aromatic N) is 1. The molecule has 3 nitrogen and oxygen atoms in total. The molecule has 2 rings (SSSR count). The lowest BCUT2D eigenvalue weighted by atomic mass is 9.85. The number of halogens is 3. The lowest BCUT2D eigenvalue weighted by Crippen LogP contribution is -2.42. The molecule has 2 aliphatic rings. The smallest absolute Gasteiger partial charge is 0.338 e. The third kappa shape index (κ3) is 2.73. The molecule has 1 saturated carbocycles. The van der Waals surface area contributed by atoms with Gasteiger partial charge in [0.25, 0.3) is 0 Å². The van der Waals surface area contributed by atoms with Crippen molar-refractivity contribution >= 4 is 5.91 Å². The van der Waals surface area contributed by atoms with Crippen LogP contribution in [-0.2, 0) is 4.79 Å². The number of likely N-dealkylation sites (tertiary alicyclic amines) is 1. The highest BCUT2D eigenvalue weighted by atomic mass is 19.4. The van der Waals surface area contributed by atoms with E-state index < -0.39 is 12.1 Å². The summed E-state index contributed by atoms with van der Waals surface area (Å²) in [6.45, 7) is 0.500. The summed E-state index contributed by atoms with van der Waals surface area (Å²) in [5.41, 5.74) is 5.68. The highest BCUT2D eigenvalue weighted by Crippen LogP contribution is 2.39. The van der Waals surface area contributed by atoms with Gasteiger partial charge in [0.15, 0.2) is 0 Å². The average molecular weight is 250 g/mol.